The lowest BCUT2D eigenvalue weighted by Crippen LogP contribution is -2.25. The molecule has 0 aliphatic rings. The van der Waals surface area contributed by atoms with E-state index in [1.165, 1.54) is 0 Å². The first-order valence-corrected chi connectivity index (χ1v) is 7.25. The molecule has 0 aliphatic carbocycles. The predicted octanol–water partition coefficient (Wildman–Crippen LogP) is 9.09. The maximum absolute atomic E-state index is 2.27. The molecule has 0 saturated heterocycles. The van der Waals surface area contributed by atoms with Crippen LogP contribution >= 0.6 is 0 Å². The fraction of sp³-hybridized carbons (Fsp3) is 1.00. The minimum Gasteiger partial charge on any atom is -0.0776 e. The van der Waals surface area contributed by atoms with E-state index in [0.29, 0.717) is 21.7 Å². The maximum atomic E-state index is 2.27. The molecule has 0 radical (unpaired) electrons. The minimum atomic E-state index is 0. The molecule has 0 spiro atoms. The molecule has 0 aliphatic heterocycles. The van der Waals surface area contributed by atoms with Crippen molar-refractivity contribution in [1.29, 1.82) is 0 Å². The van der Waals surface area contributed by atoms with Gasteiger partial charge in [-0.25, -0.2) is 0 Å². The van der Waals surface area contributed by atoms with E-state index >= 15 is 0 Å². The summed E-state index contributed by atoms with van der Waals surface area (Å²) in [6.07, 6.45) is 0. The monoisotopic (exact) mass is 306 g/mol. The van der Waals surface area contributed by atoms with E-state index in [1.54, 1.807) is 0 Å². The molecule has 0 unspecified atom stereocenters. The first-order valence-electron chi connectivity index (χ1n) is 7.25. The second-order valence-electron chi connectivity index (χ2n) is 10.5. The van der Waals surface area contributed by atoms with Crippen molar-refractivity contribution in [3.05, 3.63) is 0 Å². The van der Waals surface area contributed by atoms with Gasteiger partial charge in [-0.05, 0) is 21.7 Å². The zero-order valence-electron chi connectivity index (χ0n) is 16.0. The van der Waals surface area contributed by atoms with Gasteiger partial charge in [0.2, 0.25) is 0 Å². The molecule has 0 heteroatoms. The van der Waals surface area contributed by atoms with Crippen LogP contribution in [0, 0.1) is 21.7 Å². The molecule has 0 aromatic rings. The molecule has 0 N–H and O–H groups in total. The van der Waals surface area contributed by atoms with Crippen molar-refractivity contribution < 1.29 is 0 Å². The van der Waals surface area contributed by atoms with Crippen LogP contribution in [0.1, 0.15) is 119 Å². The van der Waals surface area contributed by atoms with Crippen molar-refractivity contribution in [2.75, 3.05) is 0 Å². The van der Waals surface area contributed by atoms with E-state index in [0.717, 1.165) is 0 Å². The third-order valence-corrected chi connectivity index (χ3v) is 2.25. The van der Waals surface area contributed by atoms with E-state index in [2.05, 4.69) is 96.9 Å². The van der Waals surface area contributed by atoms with Crippen LogP contribution in [0.25, 0.3) is 0 Å². The Morgan fingerprint density at radius 1 is 0.286 bits per heavy atom. The molecule has 0 heterocycles. The quantitative estimate of drug-likeness (QED) is 0.418. The molecule has 0 nitrogen and oxygen atoms in total. The normalized spacial score (nSPS) is 11.1. The van der Waals surface area contributed by atoms with E-state index in [1.807, 2.05) is 0 Å². The highest BCUT2D eigenvalue weighted by molar-refractivity contribution is 4.77. The van der Waals surface area contributed by atoms with Gasteiger partial charge in [0.1, 0.15) is 0 Å². The first-order chi connectivity index (χ1) is 7.25. The van der Waals surface area contributed by atoms with Crippen LogP contribution in [0.4, 0.5) is 0 Å². The van der Waals surface area contributed by atoms with Crippen molar-refractivity contribution in [2.45, 2.75) is 119 Å². The lowest BCUT2D eigenvalue weighted by Gasteiger charge is -2.34. The van der Waals surface area contributed by atoms with Crippen LogP contribution in [0.2, 0.25) is 0 Å². The van der Waals surface area contributed by atoms with Gasteiger partial charge in [0.25, 0.3) is 0 Å². The highest BCUT2D eigenvalue weighted by Crippen LogP contribution is 2.36. The Hall–Kier alpha value is 0. The lowest BCUT2D eigenvalue weighted by atomic mass is 9.71. The molecular formula is C21H54. The Bertz CT molecular complexity index is 146. The first kappa shape index (κ1) is 37.3. The van der Waals surface area contributed by atoms with Crippen molar-refractivity contribution in [1.82, 2.24) is 0 Å². The Kier molecular flexibility index (Phi) is 22.3. The van der Waals surface area contributed by atoms with Crippen LogP contribution in [-0.2, 0) is 0 Å². The Balaban J connectivity index is -0.0000000389. The molecule has 138 valence electrons. The van der Waals surface area contributed by atoms with Crippen LogP contribution in [-0.4, -0.2) is 0 Å². The lowest BCUT2D eigenvalue weighted by molar-refractivity contribution is 0.157. The Morgan fingerprint density at radius 2 is 0.333 bits per heavy atom. The second-order valence-corrected chi connectivity index (χ2v) is 10.5. The number of rotatable bonds is 0. The summed E-state index contributed by atoms with van der Waals surface area (Å²) in [5, 5.41) is 0. The van der Waals surface area contributed by atoms with Crippen LogP contribution in [0.5, 0.6) is 0 Å². The molecular weight excluding hydrogens is 252 g/mol. The zero-order chi connectivity index (χ0) is 16.0. The zero-order valence-corrected chi connectivity index (χ0v) is 16.0. The van der Waals surface area contributed by atoms with Crippen LogP contribution < -0.4 is 0 Å². The minimum absolute atomic E-state index is 0. The predicted molar refractivity (Wildman–Crippen MR) is 109 cm³/mol. The summed E-state index contributed by atoms with van der Waals surface area (Å²) in [5.41, 5.74) is 1.88. The van der Waals surface area contributed by atoms with E-state index in [4.69, 9.17) is 0 Å². The molecule has 0 aromatic carbocycles. The fourth-order valence-electron chi connectivity index (χ4n) is 0. The van der Waals surface area contributed by atoms with Crippen molar-refractivity contribution >= 4 is 0 Å². The topological polar surface area (TPSA) is 0 Å². The van der Waals surface area contributed by atoms with Crippen molar-refractivity contribution in [3.63, 3.8) is 0 Å². The summed E-state index contributed by atoms with van der Waals surface area (Å²) in [4.78, 5) is 0. The number of hydrogen-bond acceptors (Lipinski definition) is 0. The summed E-state index contributed by atoms with van der Waals surface area (Å²) in [5.74, 6) is 0. The van der Waals surface area contributed by atoms with Gasteiger partial charge < -0.3 is 0 Å². The van der Waals surface area contributed by atoms with E-state index in [9.17, 15) is 0 Å². The standard InChI is InChI=1S/C8H18.2C5H12.3CH4/c1-7(2,3)8(4,5)6;2*1-5(2,3)4;;;/h1-6H3;2*1-4H3;3*1H4. The molecule has 0 rings (SSSR count). The maximum Gasteiger partial charge on any atom is -0.0334 e. The average Bonchev–Trinajstić information content (AvgIpc) is 1.70. The van der Waals surface area contributed by atoms with Crippen molar-refractivity contribution in [2.24, 2.45) is 21.7 Å². The second kappa shape index (κ2) is 12.5. The van der Waals surface area contributed by atoms with Crippen LogP contribution in [0.3, 0.4) is 0 Å². The number of hydrogen-bond donors (Lipinski definition) is 0. The Morgan fingerprint density at radius 3 is 0.333 bits per heavy atom. The third kappa shape index (κ3) is 80.0. The summed E-state index contributed by atoms with van der Waals surface area (Å²) in [7, 11) is 0. The molecule has 0 atom stereocenters. The van der Waals surface area contributed by atoms with Gasteiger partial charge in [-0.15, -0.1) is 0 Å². The highest BCUT2D eigenvalue weighted by Gasteiger charge is 2.26. The van der Waals surface area contributed by atoms with Gasteiger partial charge >= 0.3 is 0 Å². The van der Waals surface area contributed by atoms with Gasteiger partial charge in [0.05, 0.1) is 0 Å². The molecule has 0 aromatic heterocycles. The van der Waals surface area contributed by atoms with Gasteiger partial charge in [-0.2, -0.15) is 0 Å². The summed E-state index contributed by atoms with van der Waals surface area (Å²) in [6.45, 7) is 31.1. The van der Waals surface area contributed by atoms with Gasteiger partial charge in [0, 0.05) is 0 Å². The summed E-state index contributed by atoms with van der Waals surface area (Å²) < 4.78 is 0. The molecule has 21 heavy (non-hydrogen) atoms. The molecule has 0 amide bonds. The smallest absolute Gasteiger partial charge is 0.0334 e. The van der Waals surface area contributed by atoms with Gasteiger partial charge in [0.15, 0.2) is 0 Å². The van der Waals surface area contributed by atoms with Crippen molar-refractivity contribution in [3.8, 4) is 0 Å². The average molecular weight is 307 g/mol. The van der Waals surface area contributed by atoms with Gasteiger partial charge in [-0.3, -0.25) is 0 Å². The highest BCUT2D eigenvalue weighted by atomic mass is 14.3. The van der Waals surface area contributed by atoms with E-state index < -0.39 is 0 Å². The Labute approximate surface area is 141 Å². The summed E-state index contributed by atoms with van der Waals surface area (Å²) >= 11 is 0. The molecule has 0 bridgehead atoms. The van der Waals surface area contributed by atoms with E-state index in [-0.39, 0.29) is 22.3 Å². The summed E-state index contributed by atoms with van der Waals surface area (Å²) in [6, 6.07) is 0. The fourth-order valence-corrected chi connectivity index (χ4v) is 0. The largest absolute Gasteiger partial charge is 0.0776 e. The molecule has 0 fully saturated rings. The third-order valence-electron chi connectivity index (χ3n) is 2.25. The van der Waals surface area contributed by atoms with Crippen LogP contribution in [0.15, 0.2) is 0 Å². The SMILES string of the molecule is C.C.C.CC(C)(C)C.CC(C)(C)C.CC(C)(C)C(C)(C)C. The van der Waals surface area contributed by atoms with Gasteiger partial charge in [-0.1, -0.05) is 119 Å². The molecule has 0 saturated carbocycles.